The standard InChI is InChI=1S/C17H25NO2SSi/c1-12-13(2)15(4)17(14(12)3)22(5,6)18-21(19,20)16-10-8-7-9-11-16/h7-11,14,18H,1-6H3. The van der Waals surface area contributed by atoms with Crippen LogP contribution < -0.4 is 4.39 Å². The average Bonchev–Trinajstić information content (AvgIpc) is 2.63. The number of nitrogens with one attached hydrogen (secondary N) is 1. The van der Waals surface area contributed by atoms with Crippen LogP contribution in [0.1, 0.15) is 27.7 Å². The Kier molecular flexibility index (Phi) is 4.53. The van der Waals surface area contributed by atoms with E-state index in [1.807, 2.05) is 6.07 Å². The predicted molar refractivity (Wildman–Crippen MR) is 94.5 cm³/mol. The van der Waals surface area contributed by atoms with Crippen LogP contribution in [0, 0.1) is 5.92 Å². The Morgan fingerprint density at radius 2 is 1.55 bits per heavy atom. The van der Waals surface area contributed by atoms with Gasteiger partial charge in [0.1, 0.15) is 0 Å². The summed E-state index contributed by atoms with van der Waals surface area (Å²) in [6.07, 6.45) is 0. The molecule has 120 valence electrons. The van der Waals surface area contributed by atoms with Gasteiger partial charge in [0.05, 0.1) is 4.90 Å². The molecule has 1 aromatic carbocycles. The van der Waals surface area contributed by atoms with Crippen molar-refractivity contribution < 1.29 is 8.42 Å². The summed E-state index contributed by atoms with van der Waals surface area (Å²) < 4.78 is 28.4. The van der Waals surface area contributed by atoms with E-state index < -0.39 is 18.3 Å². The molecule has 1 N–H and O–H groups in total. The summed E-state index contributed by atoms with van der Waals surface area (Å²) in [6, 6.07) is 8.61. The molecular formula is C17H25NO2SSi. The maximum Gasteiger partial charge on any atom is 0.234 e. The topological polar surface area (TPSA) is 46.2 Å². The van der Waals surface area contributed by atoms with Crippen LogP contribution in [-0.4, -0.2) is 16.7 Å². The summed E-state index contributed by atoms with van der Waals surface area (Å²) in [5.74, 6) is 0.320. The van der Waals surface area contributed by atoms with E-state index in [4.69, 9.17) is 0 Å². The van der Waals surface area contributed by atoms with Crippen molar-refractivity contribution in [1.29, 1.82) is 0 Å². The predicted octanol–water partition coefficient (Wildman–Crippen LogP) is 4.01. The summed E-state index contributed by atoms with van der Waals surface area (Å²) in [4.78, 5) is 0.334. The van der Waals surface area contributed by atoms with Crippen LogP contribution in [0.15, 0.2) is 57.1 Å². The van der Waals surface area contributed by atoms with Crippen LogP contribution in [0.2, 0.25) is 13.1 Å². The molecular weight excluding hydrogens is 310 g/mol. The third-order valence-electron chi connectivity index (χ3n) is 4.76. The molecule has 0 heterocycles. The fourth-order valence-electron chi connectivity index (χ4n) is 3.42. The minimum Gasteiger partial charge on any atom is -0.229 e. The number of rotatable bonds is 4. The first-order chi connectivity index (χ1) is 10.1. The Morgan fingerprint density at radius 3 is 2.00 bits per heavy atom. The monoisotopic (exact) mass is 335 g/mol. The zero-order valence-electron chi connectivity index (χ0n) is 14.2. The lowest BCUT2D eigenvalue weighted by Crippen LogP contribution is -2.51. The second-order valence-corrected chi connectivity index (χ2v) is 12.7. The molecule has 0 spiro atoms. The second-order valence-electron chi connectivity index (χ2n) is 6.61. The lowest BCUT2D eigenvalue weighted by Gasteiger charge is -2.30. The number of sulfonamides is 1. The van der Waals surface area contributed by atoms with Crippen LogP contribution in [-0.2, 0) is 10.0 Å². The molecule has 3 nitrogen and oxygen atoms in total. The van der Waals surface area contributed by atoms with E-state index in [0.29, 0.717) is 10.8 Å². The molecule has 1 aliphatic rings. The van der Waals surface area contributed by atoms with Gasteiger partial charge < -0.3 is 0 Å². The zero-order chi connectivity index (χ0) is 16.7. The van der Waals surface area contributed by atoms with Crippen LogP contribution in [0.3, 0.4) is 0 Å². The summed E-state index contributed by atoms with van der Waals surface area (Å²) in [5, 5.41) is 1.29. The first-order valence-electron chi connectivity index (χ1n) is 7.56. The van der Waals surface area contributed by atoms with E-state index in [9.17, 15) is 8.42 Å². The number of hydrogen-bond donors (Lipinski definition) is 1. The molecule has 5 heteroatoms. The van der Waals surface area contributed by atoms with Gasteiger partial charge in [0.25, 0.3) is 0 Å². The molecule has 0 aromatic heterocycles. The molecule has 0 bridgehead atoms. The minimum absolute atomic E-state index is 0.320. The highest BCUT2D eigenvalue weighted by atomic mass is 32.2. The molecule has 0 saturated heterocycles. The van der Waals surface area contributed by atoms with Gasteiger partial charge in [-0.1, -0.05) is 54.6 Å². The van der Waals surface area contributed by atoms with Crippen LogP contribution in [0.25, 0.3) is 0 Å². The van der Waals surface area contributed by atoms with E-state index in [2.05, 4.69) is 45.2 Å². The van der Waals surface area contributed by atoms with Crippen LogP contribution in [0.5, 0.6) is 0 Å². The maximum absolute atomic E-state index is 12.7. The largest absolute Gasteiger partial charge is 0.234 e. The third-order valence-corrected chi connectivity index (χ3v) is 10.9. The van der Waals surface area contributed by atoms with Crippen molar-refractivity contribution in [3.8, 4) is 0 Å². The molecule has 1 aliphatic carbocycles. The quantitative estimate of drug-likeness (QED) is 0.845. The van der Waals surface area contributed by atoms with E-state index in [1.165, 1.54) is 21.9 Å². The van der Waals surface area contributed by atoms with Gasteiger partial charge in [-0.05, 0) is 44.4 Å². The lowest BCUT2D eigenvalue weighted by molar-refractivity contribution is 0.592. The van der Waals surface area contributed by atoms with E-state index in [1.54, 1.807) is 24.3 Å². The summed E-state index contributed by atoms with van der Waals surface area (Å²) in [5.41, 5.74) is 3.92. The zero-order valence-corrected chi connectivity index (χ0v) is 16.0. The second kappa shape index (κ2) is 5.79. The highest BCUT2D eigenvalue weighted by molar-refractivity contribution is 7.91. The first-order valence-corrected chi connectivity index (χ1v) is 12.0. The molecule has 22 heavy (non-hydrogen) atoms. The van der Waals surface area contributed by atoms with Gasteiger partial charge in [-0.25, -0.2) is 12.8 Å². The average molecular weight is 336 g/mol. The van der Waals surface area contributed by atoms with Gasteiger partial charge in [-0.2, -0.15) is 0 Å². The summed E-state index contributed by atoms with van der Waals surface area (Å²) in [6.45, 7) is 12.7. The van der Waals surface area contributed by atoms with Gasteiger partial charge in [0.15, 0.2) is 8.24 Å². The minimum atomic E-state index is -3.48. The molecule has 0 aliphatic heterocycles. The summed E-state index contributed by atoms with van der Waals surface area (Å²) in [7, 11) is -5.78. The SMILES string of the molecule is CC1=C(C)C(C)C([Si](C)(C)NS(=O)(=O)c2ccccc2)=C1C. The number of benzene rings is 1. The van der Waals surface area contributed by atoms with Gasteiger partial charge >= 0.3 is 0 Å². The molecule has 0 amide bonds. The van der Waals surface area contributed by atoms with Crippen molar-refractivity contribution in [2.45, 2.75) is 45.7 Å². The van der Waals surface area contributed by atoms with Gasteiger partial charge in [-0.3, -0.25) is 0 Å². The molecule has 0 fully saturated rings. The van der Waals surface area contributed by atoms with Crippen molar-refractivity contribution in [2.75, 3.05) is 0 Å². The van der Waals surface area contributed by atoms with Crippen molar-refractivity contribution in [1.82, 2.24) is 4.39 Å². The molecule has 1 unspecified atom stereocenters. The number of allylic oxidation sites excluding steroid dienone is 4. The maximum atomic E-state index is 12.7. The third kappa shape index (κ3) is 2.98. The van der Waals surface area contributed by atoms with Crippen LogP contribution >= 0.6 is 0 Å². The van der Waals surface area contributed by atoms with Gasteiger partial charge in [-0.15, -0.1) is 0 Å². The highest BCUT2D eigenvalue weighted by Gasteiger charge is 2.39. The van der Waals surface area contributed by atoms with E-state index in [-0.39, 0.29) is 0 Å². The molecule has 1 aromatic rings. The first kappa shape index (κ1) is 17.2. The van der Waals surface area contributed by atoms with Crippen molar-refractivity contribution in [2.24, 2.45) is 5.92 Å². The van der Waals surface area contributed by atoms with E-state index in [0.717, 1.165) is 0 Å². The Hall–Kier alpha value is -1.17. The Morgan fingerprint density at radius 1 is 1.00 bits per heavy atom. The molecule has 0 radical (unpaired) electrons. The van der Waals surface area contributed by atoms with Crippen molar-refractivity contribution >= 4 is 18.3 Å². The van der Waals surface area contributed by atoms with Crippen LogP contribution in [0.4, 0.5) is 0 Å². The number of hydrogen-bond acceptors (Lipinski definition) is 2. The fourth-order valence-corrected chi connectivity index (χ4v) is 9.96. The Bertz CT molecular complexity index is 746. The molecule has 0 saturated carbocycles. The molecule has 2 rings (SSSR count). The smallest absolute Gasteiger partial charge is 0.229 e. The van der Waals surface area contributed by atoms with Gasteiger partial charge in [0.2, 0.25) is 10.0 Å². The fraction of sp³-hybridized carbons (Fsp3) is 0.412. The normalized spacial score (nSPS) is 20.0. The Balaban J connectivity index is 2.38. The Labute approximate surface area is 135 Å². The van der Waals surface area contributed by atoms with E-state index >= 15 is 0 Å². The lowest BCUT2D eigenvalue weighted by atomic mass is 10.1. The molecule has 1 atom stereocenters. The van der Waals surface area contributed by atoms with Crippen molar-refractivity contribution in [3.63, 3.8) is 0 Å². The summed E-state index contributed by atoms with van der Waals surface area (Å²) >= 11 is 0. The highest BCUT2D eigenvalue weighted by Crippen LogP contribution is 2.40. The van der Waals surface area contributed by atoms with Gasteiger partial charge in [0, 0.05) is 0 Å². The van der Waals surface area contributed by atoms with Crippen molar-refractivity contribution in [3.05, 3.63) is 52.2 Å².